The second-order valence-electron chi connectivity index (χ2n) is 14.6. The van der Waals surface area contributed by atoms with Gasteiger partial charge in [0.25, 0.3) is 0 Å². The number of fused-ring (bicyclic) bond motifs is 7. The summed E-state index contributed by atoms with van der Waals surface area (Å²) in [5.41, 5.74) is 16.7. The second-order valence-corrected chi connectivity index (χ2v) is 14.6. The van der Waals surface area contributed by atoms with Gasteiger partial charge in [-0.05, 0) is 105 Å². The third-order valence-electron chi connectivity index (χ3n) is 11.3. The van der Waals surface area contributed by atoms with Crippen LogP contribution in [0.15, 0.2) is 218 Å². The summed E-state index contributed by atoms with van der Waals surface area (Å²) in [5, 5.41) is 5.00. The number of hydrogen-bond donors (Lipinski definition) is 0. The largest absolute Gasteiger partial charge is 0.309 e. The van der Waals surface area contributed by atoms with Crippen molar-refractivity contribution in [3.63, 3.8) is 0 Å². The summed E-state index contributed by atoms with van der Waals surface area (Å²) in [6.45, 7) is 0. The van der Waals surface area contributed by atoms with Gasteiger partial charge in [0.2, 0.25) is 0 Å². The highest BCUT2D eigenvalue weighted by atomic mass is 15.0. The molecule has 262 valence electrons. The van der Waals surface area contributed by atoms with Gasteiger partial charge >= 0.3 is 0 Å². The van der Waals surface area contributed by atoms with Crippen LogP contribution in [-0.2, 0) is 0 Å². The molecule has 0 aliphatic carbocycles. The minimum Gasteiger partial charge on any atom is -0.309 e. The zero-order valence-corrected chi connectivity index (χ0v) is 30.7. The Labute approximate surface area is 325 Å². The molecule has 0 N–H and O–H groups in total. The smallest absolute Gasteiger partial charge is 0.0641 e. The van der Waals surface area contributed by atoms with Crippen LogP contribution >= 0.6 is 0 Å². The zero-order chi connectivity index (χ0) is 37.0. The van der Waals surface area contributed by atoms with Crippen LogP contribution < -0.4 is 0 Å². The molecule has 0 unspecified atom stereocenters. The van der Waals surface area contributed by atoms with E-state index in [0.717, 1.165) is 11.4 Å². The fourth-order valence-electron chi connectivity index (χ4n) is 8.70. The number of aromatic nitrogens is 2. The van der Waals surface area contributed by atoms with Gasteiger partial charge in [-0.1, -0.05) is 158 Å². The minimum absolute atomic E-state index is 1.13. The van der Waals surface area contributed by atoms with Crippen molar-refractivity contribution < 1.29 is 0 Å². The van der Waals surface area contributed by atoms with Crippen LogP contribution in [0.1, 0.15) is 0 Å². The number of nitrogens with zero attached hydrogens (tertiary/aromatic N) is 2. The number of hydrogen-bond acceptors (Lipinski definition) is 0. The summed E-state index contributed by atoms with van der Waals surface area (Å²) >= 11 is 0. The molecule has 2 heteroatoms. The van der Waals surface area contributed by atoms with E-state index in [0.29, 0.717) is 0 Å². The Kier molecular flexibility index (Phi) is 7.53. The molecular weight excluding hydrogens is 677 g/mol. The van der Waals surface area contributed by atoms with E-state index in [9.17, 15) is 0 Å². The minimum atomic E-state index is 1.13. The van der Waals surface area contributed by atoms with Crippen LogP contribution in [0.25, 0.3) is 99.5 Å². The van der Waals surface area contributed by atoms with Crippen molar-refractivity contribution in [3.8, 4) is 55.9 Å². The van der Waals surface area contributed by atoms with Gasteiger partial charge in [0.15, 0.2) is 0 Å². The zero-order valence-electron chi connectivity index (χ0n) is 30.7. The number of benzene rings is 9. The highest BCUT2D eigenvalue weighted by molar-refractivity contribution is 6.26. The molecule has 0 saturated carbocycles. The molecule has 0 bridgehead atoms. The third kappa shape index (κ3) is 5.26. The van der Waals surface area contributed by atoms with Crippen molar-refractivity contribution in [2.24, 2.45) is 0 Å². The van der Waals surface area contributed by atoms with Gasteiger partial charge in [0, 0.05) is 32.9 Å². The van der Waals surface area contributed by atoms with Crippen LogP contribution in [0.5, 0.6) is 0 Å². The van der Waals surface area contributed by atoms with Crippen LogP contribution in [-0.4, -0.2) is 9.13 Å². The predicted molar refractivity (Wildman–Crippen MR) is 237 cm³/mol. The lowest BCUT2D eigenvalue weighted by molar-refractivity contribution is 1.17. The summed E-state index contributed by atoms with van der Waals surface area (Å²) in [7, 11) is 0. The van der Waals surface area contributed by atoms with E-state index in [1.807, 2.05) is 0 Å². The van der Waals surface area contributed by atoms with Crippen molar-refractivity contribution in [3.05, 3.63) is 218 Å². The molecule has 2 aromatic heterocycles. The van der Waals surface area contributed by atoms with Gasteiger partial charge in [0.1, 0.15) is 0 Å². The summed E-state index contributed by atoms with van der Waals surface area (Å²) in [4.78, 5) is 0. The van der Waals surface area contributed by atoms with Crippen LogP contribution in [0, 0.1) is 0 Å². The molecule has 0 fully saturated rings. The molecule has 11 aromatic rings. The van der Waals surface area contributed by atoms with E-state index in [1.165, 1.54) is 88.1 Å². The van der Waals surface area contributed by atoms with Crippen molar-refractivity contribution in [2.75, 3.05) is 0 Å². The average molecular weight is 713 g/mol. The molecule has 56 heavy (non-hydrogen) atoms. The molecule has 0 amide bonds. The lowest BCUT2D eigenvalue weighted by Crippen LogP contribution is -1.96. The Hall–Kier alpha value is -7.42. The van der Waals surface area contributed by atoms with E-state index < -0.39 is 0 Å². The van der Waals surface area contributed by atoms with Gasteiger partial charge in [-0.3, -0.25) is 0 Å². The lowest BCUT2D eigenvalue weighted by Gasteiger charge is -2.13. The molecule has 0 radical (unpaired) electrons. The van der Waals surface area contributed by atoms with Crippen molar-refractivity contribution >= 4 is 43.6 Å². The fraction of sp³-hybridized carbons (Fsp3) is 0. The van der Waals surface area contributed by atoms with Gasteiger partial charge in [0.05, 0.1) is 22.1 Å². The summed E-state index contributed by atoms with van der Waals surface area (Å²) in [6.07, 6.45) is 0. The lowest BCUT2D eigenvalue weighted by atomic mass is 9.93. The molecule has 0 saturated heterocycles. The molecular formula is C54H36N2. The van der Waals surface area contributed by atoms with Gasteiger partial charge < -0.3 is 9.13 Å². The summed E-state index contributed by atoms with van der Waals surface area (Å²) in [6, 6.07) is 79.3. The van der Waals surface area contributed by atoms with Gasteiger partial charge in [-0.15, -0.1) is 0 Å². The average Bonchev–Trinajstić information content (AvgIpc) is 3.80. The molecule has 2 heterocycles. The Bertz CT molecular complexity index is 3150. The van der Waals surface area contributed by atoms with E-state index in [4.69, 9.17) is 0 Å². The second kappa shape index (κ2) is 13.2. The first-order chi connectivity index (χ1) is 27.8. The number of rotatable bonds is 6. The predicted octanol–water partition coefficient (Wildman–Crippen LogP) is 14.5. The highest BCUT2D eigenvalue weighted by Crippen LogP contribution is 2.43. The van der Waals surface area contributed by atoms with Crippen LogP contribution in [0.2, 0.25) is 0 Å². The number of para-hydroxylation sites is 2. The maximum Gasteiger partial charge on any atom is 0.0641 e. The van der Waals surface area contributed by atoms with Crippen molar-refractivity contribution in [1.82, 2.24) is 9.13 Å². The Morgan fingerprint density at radius 1 is 0.232 bits per heavy atom. The normalized spacial score (nSPS) is 11.6. The summed E-state index contributed by atoms with van der Waals surface area (Å²) < 4.78 is 4.91. The van der Waals surface area contributed by atoms with E-state index in [1.54, 1.807) is 0 Å². The molecule has 9 aromatic carbocycles. The molecule has 0 aliphatic heterocycles. The molecule has 11 rings (SSSR count). The SMILES string of the molecule is c1ccc(-c2cc(-c3ccccc3)cc(-c3ccc(-n4c5ccccc5c5c4ccc4c6ccccc6n(-c6cccc(-c7ccccc7)c6)c45)cc3)c2)cc1. The van der Waals surface area contributed by atoms with E-state index in [2.05, 4.69) is 228 Å². The maximum atomic E-state index is 2.48. The first-order valence-corrected chi connectivity index (χ1v) is 19.3. The van der Waals surface area contributed by atoms with Crippen LogP contribution in [0.4, 0.5) is 0 Å². The monoisotopic (exact) mass is 712 g/mol. The molecule has 0 spiro atoms. The topological polar surface area (TPSA) is 9.86 Å². The maximum absolute atomic E-state index is 2.48. The molecule has 2 nitrogen and oxygen atoms in total. The molecule has 0 aliphatic rings. The first-order valence-electron chi connectivity index (χ1n) is 19.3. The van der Waals surface area contributed by atoms with Crippen LogP contribution in [0.3, 0.4) is 0 Å². The van der Waals surface area contributed by atoms with Gasteiger partial charge in [-0.25, -0.2) is 0 Å². The quantitative estimate of drug-likeness (QED) is 0.162. The van der Waals surface area contributed by atoms with E-state index >= 15 is 0 Å². The van der Waals surface area contributed by atoms with Crippen molar-refractivity contribution in [1.29, 1.82) is 0 Å². The Balaban J connectivity index is 1.10. The summed E-state index contributed by atoms with van der Waals surface area (Å²) in [5.74, 6) is 0. The fourth-order valence-corrected chi connectivity index (χ4v) is 8.70. The standard InChI is InChI=1S/C54H36N2/c1-4-15-37(16-5-1)41-21-14-22-46(36-41)56-50-25-12-10-23-47(50)48-31-32-52-53(54(48)56)49-24-11-13-26-51(49)55(52)45-29-27-40(28-30-45)44-34-42(38-17-6-2-7-18-38)33-43(35-44)39-19-8-3-9-20-39/h1-36H. The van der Waals surface area contributed by atoms with Crippen molar-refractivity contribution in [2.45, 2.75) is 0 Å². The van der Waals surface area contributed by atoms with E-state index in [-0.39, 0.29) is 0 Å². The highest BCUT2D eigenvalue weighted by Gasteiger charge is 2.21. The Morgan fingerprint density at radius 3 is 1.32 bits per heavy atom. The third-order valence-corrected chi connectivity index (χ3v) is 11.3. The van der Waals surface area contributed by atoms with Gasteiger partial charge in [-0.2, -0.15) is 0 Å². The molecule has 0 atom stereocenters. The Morgan fingerprint density at radius 2 is 0.714 bits per heavy atom. The first kappa shape index (κ1) is 32.0.